The van der Waals surface area contributed by atoms with Gasteiger partial charge in [-0.2, -0.15) is 0 Å². The van der Waals surface area contributed by atoms with Crippen LogP contribution in [-0.2, 0) is 9.63 Å². The van der Waals surface area contributed by atoms with Crippen molar-refractivity contribution in [3.63, 3.8) is 0 Å². The van der Waals surface area contributed by atoms with Crippen LogP contribution >= 0.6 is 0 Å². The second-order valence-electron chi connectivity index (χ2n) is 4.20. The molecule has 5 heteroatoms. The van der Waals surface area contributed by atoms with Crippen LogP contribution in [0.25, 0.3) is 0 Å². The summed E-state index contributed by atoms with van der Waals surface area (Å²) in [4.78, 5) is 22.6. The Hall–Kier alpha value is -1.10. The van der Waals surface area contributed by atoms with Gasteiger partial charge >= 0.3 is 5.97 Å². The lowest BCUT2D eigenvalue weighted by Crippen LogP contribution is -2.55. The van der Waals surface area contributed by atoms with Crippen molar-refractivity contribution in [2.45, 2.75) is 31.8 Å². The van der Waals surface area contributed by atoms with Gasteiger partial charge in [0.2, 0.25) is 0 Å². The van der Waals surface area contributed by atoms with Gasteiger partial charge in [-0.1, -0.05) is 0 Å². The number of piperidine rings is 1. The molecular formula is C10H17N3O2. The standard InChI is InChI=1S/C10H17N3O2/c1-8(14)15-13-5-3-4-9-10(13)6-12(2)7-11-9/h7,9-10H,3-6H2,1-2H3. The van der Waals surface area contributed by atoms with Crippen molar-refractivity contribution < 1.29 is 9.63 Å². The van der Waals surface area contributed by atoms with E-state index in [2.05, 4.69) is 4.99 Å². The SMILES string of the molecule is CC(=O)ON1CCCC2N=CN(C)CC21. The third-order valence-electron chi connectivity index (χ3n) is 2.87. The maximum absolute atomic E-state index is 11.0. The van der Waals surface area contributed by atoms with Crippen molar-refractivity contribution >= 4 is 12.3 Å². The summed E-state index contributed by atoms with van der Waals surface area (Å²) >= 11 is 0. The van der Waals surface area contributed by atoms with Crippen molar-refractivity contribution in [2.75, 3.05) is 20.1 Å². The van der Waals surface area contributed by atoms with Gasteiger partial charge in [-0.15, -0.1) is 5.06 Å². The van der Waals surface area contributed by atoms with Crippen LogP contribution in [0.4, 0.5) is 0 Å². The minimum atomic E-state index is -0.243. The van der Waals surface area contributed by atoms with Gasteiger partial charge in [0.05, 0.1) is 18.4 Å². The molecule has 1 saturated heterocycles. The Balaban J connectivity index is 2.06. The maximum Gasteiger partial charge on any atom is 0.322 e. The van der Waals surface area contributed by atoms with E-state index in [4.69, 9.17) is 4.84 Å². The van der Waals surface area contributed by atoms with E-state index in [1.165, 1.54) is 6.92 Å². The van der Waals surface area contributed by atoms with E-state index in [9.17, 15) is 4.79 Å². The largest absolute Gasteiger partial charge is 0.368 e. The van der Waals surface area contributed by atoms with Crippen molar-refractivity contribution in [1.82, 2.24) is 9.96 Å². The van der Waals surface area contributed by atoms with Gasteiger partial charge in [0.15, 0.2) is 0 Å². The first-order valence-electron chi connectivity index (χ1n) is 5.35. The highest BCUT2D eigenvalue weighted by Crippen LogP contribution is 2.23. The minimum absolute atomic E-state index is 0.220. The molecule has 2 atom stereocenters. The number of aliphatic imine (C=N–C) groups is 1. The van der Waals surface area contributed by atoms with E-state index in [0.29, 0.717) is 0 Å². The Morgan fingerprint density at radius 1 is 1.60 bits per heavy atom. The van der Waals surface area contributed by atoms with Gasteiger partial charge in [0, 0.05) is 27.1 Å². The molecule has 84 valence electrons. The van der Waals surface area contributed by atoms with Crippen LogP contribution in [0.3, 0.4) is 0 Å². The van der Waals surface area contributed by atoms with Crippen molar-refractivity contribution in [3.8, 4) is 0 Å². The summed E-state index contributed by atoms with van der Waals surface area (Å²) in [5.74, 6) is -0.243. The lowest BCUT2D eigenvalue weighted by atomic mass is 9.97. The maximum atomic E-state index is 11.0. The Kier molecular flexibility index (Phi) is 2.90. The van der Waals surface area contributed by atoms with Crippen LogP contribution in [0.5, 0.6) is 0 Å². The van der Waals surface area contributed by atoms with E-state index >= 15 is 0 Å². The highest BCUT2D eigenvalue weighted by molar-refractivity contribution is 5.65. The van der Waals surface area contributed by atoms with Crippen LogP contribution < -0.4 is 0 Å². The van der Waals surface area contributed by atoms with Crippen molar-refractivity contribution in [1.29, 1.82) is 0 Å². The first-order chi connectivity index (χ1) is 7.16. The fourth-order valence-corrected chi connectivity index (χ4v) is 2.21. The van der Waals surface area contributed by atoms with Crippen LogP contribution in [0.15, 0.2) is 4.99 Å². The number of hydrogen-bond acceptors (Lipinski definition) is 5. The van der Waals surface area contributed by atoms with Gasteiger partial charge in [0.1, 0.15) is 0 Å². The molecule has 5 nitrogen and oxygen atoms in total. The quantitative estimate of drug-likeness (QED) is 0.624. The predicted octanol–water partition coefficient (Wildman–Crippen LogP) is 0.271. The molecule has 0 aromatic rings. The van der Waals surface area contributed by atoms with Gasteiger partial charge in [-0.05, 0) is 12.8 Å². The third kappa shape index (κ3) is 2.28. The molecule has 2 aliphatic heterocycles. The summed E-state index contributed by atoms with van der Waals surface area (Å²) < 4.78 is 0. The Morgan fingerprint density at radius 2 is 2.40 bits per heavy atom. The van der Waals surface area contributed by atoms with E-state index in [-0.39, 0.29) is 18.1 Å². The van der Waals surface area contributed by atoms with Gasteiger partial charge in [-0.3, -0.25) is 9.79 Å². The lowest BCUT2D eigenvalue weighted by molar-refractivity contribution is -0.208. The van der Waals surface area contributed by atoms with Crippen LogP contribution in [0.2, 0.25) is 0 Å². The Bertz CT molecular complexity index is 280. The van der Waals surface area contributed by atoms with Crippen molar-refractivity contribution in [2.24, 2.45) is 4.99 Å². The number of hydrogen-bond donors (Lipinski definition) is 0. The van der Waals surface area contributed by atoms with Gasteiger partial charge in [-0.25, -0.2) is 0 Å². The monoisotopic (exact) mass is 211 g/mol. The van der Waals surface area contributed by atoms with Crippen LogP contribution in [0.1, 0.15) is 19.8 Å². The first-order valence-corrected chi connectivity index (χ1v) is 5.35. The predicted molar refractivity (Wildman–Crippen MR) is 56.4 cm³/mol. The summed E-state index contributed by atoms with van der Waals surface area (Å²) in [5, 5.41) is 1.80. The van der Waals surface area contributed by atoms with Crippen LogP contribution in [-0.4, -0.2) is 54.5 Å². The fourth-order valence-electron chi connectivity index (χ4n) is 2.21. The number of nitrogens with zero attached hydrogens (tertiary/aromatic N) is 3. The highest BCUT2D eigenvalue weighted by Gasteiger charge is 2.35. The zero-order valence-corrected chi connectivity index (χ0v) is 9.22. The van der Waals surface area contributed by atoms with Crippen molar-refractivity contribution in [3.05, 3.63) is 0 Å². The molecule has 1 fully saturated rings. The molecule has 0 N–H and O–H groups in total. The number of rotatable bonds is 1. The third-order valence-corrected chi connectivity index (χ3v) is 2.87. The molecular weight excluding hydrogens is 194 g/mol. The van der Waals surface area contributed by atoms with E-state index in [1.54, 1.807) is 5.06 Å². The zero-order valence-electron chi connectivity index (χ0n) is 9.22. The molecule has 0 spiro atoms. The average Bonchev–Trinajstić information content (AvgIpc) is 2.18. The molecule has 0 bridgehead atoms. The molecule has 15 heavy (non-hydrogen) atoms. The smallest absolute Gasteiger partial charge is 0.322 e. The van der Waals surface area contributed by atoms with E-state index < -0.39 is 0 Å². The Labute approximate surface area is 89.7 Å². The topological polar surface area (TPSA) is 45.1 Å². The summed E-state index contributed by atoms with van der Waals surface area (Å²) in [6.45, 7) is 3.14. The molecule has 2 rings (SSSR count). The first kappa shape index (κ1) is 10.4. The number of carbonyl (C=O) groups is 1. The fraction of sp³-hybridized carbons (Fsp3) is 0.800. The number of carbonyl (C=O) groups excluding carboxylic acids is 1. The van der Waals surface area contributed by atoms with E-state index in [0.717, 1.165) is 25.9 Å². The summed E-state index contributed by atoms with van der Waals surface area (Å²) in [6, 6.07) is 0.506. The lowest BCUT2D eigenvalue weighted by Gasteiger charge is -2.41. The molecule has 2 aliphatic rings. The number of hydroxylamine groups is 2. The molecule has 0 aromatic carbocycles. The second-order valence-corrected chi connectivity index (χ2v) is 4.20. The Morgan fingerprint density at radius 3 is 3.13 bits per heavy atom. The molecule has 0 saturated carbocycles. The number of fused-ring (bicyclic) bond motifs is 1. The molecule has 0 radical (unpaired) electrons. The molecule has 0 aliphatic carbocycles. The van der Waals surface area contributed by atoms with E-state index in [1.807, 2.05) is 18.3 Å². The van der Waals surface area contributed by atoms with Gasteiger partial charge < -0.3 is 9.74 Å². The normalized spacial score (nSPS) is 31.2. The molecule has 2 unspecified atom stereocenters. The summed E-state index contributed by atoms with van der Waals surface area (Å²) in [6.07, 6.45) is 4.00. The molecule has 0 aromatic heterocycles. The zero-order chi connectivity index (χ0) is 10.8. The summed E-state index contributed by atoms with van der Waals surface area (Å²) in [5.41, 5.74) is 0. The number of likely N-dealkylation sites (N-methyl/N-ethyl adjacent to an activating group) is 1. The minimum Gasteiger partial charge on any atom is -0.368 e. The van der Waals surface area contributed by atoms with Gasteiger partial charge in [0.25, 0.3) is 0 Å². The molecule has 0 amide bonds. The summed E-state index contributed by atoms with van der Waals surface area (Å²) in [7, 11) is 1.99. The van der Waals surface area contributed by atoms with Crippen LogP contribution in [0, 0.1) is 0 Å². The highest BCUT2D eigenvalue weighted by atomic mass is 16.7. The second kappa shape index (κ2) is 4.18. The average molecular weight is 211 g/mol. The molecule has 2 heterocycles.